The van der Waals surface area contributed by atoms with E-state index in [0.717, 1.165) is 25.7 Å². The Morgan fingerprint density at radius 3 is 2.79 bits per heavy atom. The Bertz CT molecular complexity index is 477. The van der Waals surface area contributed by atoms with Gasteiger partial charge in [-0.1, -0.05) is 19.3 Å². The summed E-state index contributed by atoms with van der Waals surface area (Å²) in [6.45, 7) is 2.32. The van der Waals surface area contributed by atoms with Gasteiger partial charge in [0.1, 0.15) is 6.20 Å². The molecule has 1 amide bonds. The Hall–Kier alpha value is -1.92. The first kappa shape index (κ1) is 13.5. The van der Waals surface area contributed by atoms with E-state index in [1.165, 1.54) is 17.3 Å². The molecule has 0 aromatic carbocycles. The maximum absolute atomic E-state index is 12.1. The molecule has 104 valence electrons. The molecule has 1 aliphatic rings. The van der Waals surface area contributed by atoms with Crippen LogP contribution in [0.4, 0.5) is 5.69 Å². The molecule has 2 rings (SSSR count). The lowest BCUT2D eigenvalue weighted by Gasteiger charge is -2.22. The number of carbonyl (C=O) groups is 1. The van der Waals surface area contributed by atoms with Crippen LogP contribution in [0.3, 0.4) is 0 Å². The van der Waals surface area contributed by atoms with Crippen LogP contribution in [0.5, 0.6) is 0 Å². The summed E-state index contributed by atoms with van der Waals surface area (Å²) in [5, 5.41) is 17.7. The van der Waals surface area contributed by atoms with Crippen molar-refractivity contribution in [2.24, 2.45) is 0 Å². The summed E-state index contributed by atoms with van der Waals surface area (Å²) < 4.78 is 1.41. The molecule has 0 atom stereocenters. The molecular weight excluding hydrogens is 248 g/mol. The van der Waals surface area contributed by atoms with Crippen molar-refractivity contribution in [2.45, 2.75) is 51.6 Å². The molecule has 1 fully saturated rings. The molecule has 0 aliphatic heterocycles. The average molecular weight is 266 g/mol. The van der Waals surface area contributed by atoms with Gasteiger partial charge in [0.25, 0.3) is 5.91 Å². The lowest BCUT2D eigenvalue weighted by molar-refractivity contribution is -0.385. The lowest BCUT2D eigenvalue weighted by atomic mass is 9.95. The summed E-state index contributed by atoms with van der Waals surface area (Å²) in [5.74, 6) is -0.439. The van der Waals surface area contributed by atoms with Crippen LogP contribution in [0.25, 0.3) is 0 Å². The number of rotatable bonds is 4. The van der Waals surface area contributed by atoms with E-state index in [-0.39, 0.29) is 17.4 Å². The smallest absolute Gasteiger partial charge is 0.320 e. The third kappa shape index (κ3) is 3.10. The van der Waals surface area contributed by atoms with Crippen LogP contribution < -0.4 is 5.32 Å². The number of carbonyl (C=O) groups excluding carboxylic acids is 1. The minimum atomic E-state index is -0.561. The van der Waals surface area contributed by atoms with Crippen LogP contribution in [0.15, 0.2) is 6.20 Å². The number of aryl methyl sites for hydroxylation is 1. The van der Waals surface area contributed by atoms with Gasteiger partial charge < -0.3 is 5.32 Å². The highest BCUT2D eigenvalue weighted by Gasteiger charge is 2.27. The molecule has 0 bridgehead atoms. The molecular formula is C12H18N4O3. The zero-order chi connectivity index (χ0) is 13.8. The quantitative estimate of drug-likeness (QED) is 0.665. The Labute approximate surface area is 111 Å². The Morgan fingerprint density at radius 2 is 2.21 bits per heavy atom. The minimum absolute atomic E-state index is 0.0857. The van der Waals surface area contributed by atoms with Gasteiger partial charge in [-0.3, -0.25) is 19.6 Å². The summed E-state index contributed by atoms with van der Waals surface area (Å²) >= 11 is 0. The second kappa shape index (κ2) is 5.81. The van der Waals surface area contributed by atoms with Crippen molar-refractivity contribution in [1.29, 1.82) is 0 Å². The van der Waals surface area contributed by atoms with E-state index in [2.05, 4.69) is 10.4 Å². The SMILES string of the molecule is CCn1cc([N+](=O)[O-])c(C(=O)NC2CCCCC2)n1. The molecule has 0 saturated heterocycles. The maximum Gasteiger partial charge on any atom is 0.320 e. The van der Waals surface area contributed by atoms with E-state index in [9.17, 15) is 14.9 Å². The van der Waals surface area contributed by atoms with Gasteiger partial charge in [0, 0.05) is 12.6 Å². The highest BCUT2D eigenvalue weighted by atomic mass is 16.6. The number of amides is 1. The minimum Gasteiger partial charge on any atom is -0.348 e. The first-order valence-electron chi connectivity index (χ1n) is 6.64. The highest BCUT2D eigenvalue weighted by molar-refractivity contribution is 5.96. The molecule has 7 nitrogen and oxygen atoms in total. The van der Waals surface area contributed by atoms with Crippen LogP contribution in [0.2, 0.25) is 0 Å². The fourth-order valence-electron chi connectivity index (χ4n) is 2.37. The Kier molecular flexibility index (Phi) is 4.13. The molecule has 19 heavy (non-hydrogen) atoms. The van der Waals surface area contributed by atoms with E-state index in [1.54, 1.807) is 0 Å². The van der Waals surface area contributed by atoms with Crippen LogP contribution >= 0.6 is 0 Å². The molecule has 0 spiro atoms. The van der Waals surface area contributed by atoms with Crippen molar-refractivity contribution in [3.05, 3.63) is 22.0 Å². The number of hydrogen-bond acceptors (Lipinski definition) is 4. The van der Waals surface area contributed by atoms with Gasteiger partial charge in [0.05, 0.1) is 4.92 Å². The van der Waals surface area contributed by atoms with Crippen molar-refractivity contribution < 1.29 is 9.72 Å². The van der Waals surface area contributed by atoms with Crippen LogP contribution in [0.1, 0.15) is 49.5 Å². The lowest BCUT2D eigenvalue weighted by Crippen LogP contribution is -2.36. The number of aromatic nitrogens is 2. The average Bonchev–Trinajstić information content (AvgIpc) is 2.84. The van der Waals surface area contributed by atoms with Gasteiger partial charge in [0.15, 0.2) is 0 Å². The standard InChI is InChI=1S/C12H18N4O3/c1-2-15-8-10(16(18)19)11(14-15)12(17)13-9-6-4-3-5-7-9/h8-9H,2-7H2,1H3,(H,13,17). The zero-order valence-corrected chi connectivity index (χ0v) is 11.0. The predicted molar refractivity (Wildman–Crippen MR) is 68.9 cm³/mol. The van der Waals surface area contributed by atoms with Crippen molar-refractivity contribution in [3.8, 4) is 0 Å². The first-order chi connectivity index (χ1) is 9.11. The van der Waals surface area contributed by atoms with Crippen molar-refractivity contribution in [2.75, 3.05) is 0 Å². The van der Waals surface area contributed by atoms with E-state index in [0.29, 0.717) is 6.54 Å². The van der Waals surface area contributed by atoms with E-state index in [1.807, 2.05) is 6.92 Å². The highest BCUT2D eigenvalue weighted by Crippen LogP contribution is 2.20. The Morgan fingerprint density at radius 1 is 1.53 bits per heavy atom. The van der Waals surface area contributed by atoms with E-state index in [4.69, 9.17) is 0 Å². The van der Waals surface area contributed by atoms with E-state index >= 15 is 0 Å². The molecule has 1 aliphatic carbocycles. The summed E-state index contributed by atoms with van der Waals surface area (Å²) in [6.07, 6.45) is 6.56. The van der Waals surface area contributed by atoms with Crippen molar-refractivity contribution >= 4 is 11.6 Å². The fraction of sp³-hybridized carbons (Fsp3) is 0.667. The third-order valence-electron chi connectivity index (χ3n) is 3.42. The zero-order valence-electron chi connectivity index (χ0n) is 11.0. The Balaban J connectivity index is 2.13. The van der Waals surface area contributed by atoms with Gasteiger partial charge >= 0.3 is 5.69 Å². The topological polar surface area (TPSA) is 90.1 Å². The van der Waals surface area contributed by atoms with Crippen molar-refractivity contribution in [3.63, 3.8) is 0 Å². The number of nitrogens with zero attached hydrogens (tertiary/aromatic N) is 3. The molecule has 1 aromatic heterocycles. The molecule has 1 aromatic rings. The molecule has 1 N–H and O–H groups in total. The molecule has 0 radical (unpaired) electrons. The second-order valence-electron chi connectivity index (χ2n) is 4.78. The molecule has 7 heteroatoms. The van der Waals surface area contributed by atoms with Gasteiger partial charge in [-0.05, 0) is 19.8 Å². The molecule has 1 heterocycles. The molecule has 1 saturated carbocycles. The fourth-order valence-corrected chi connectivity index (χ4v) is 2.37. The van der Waals surface area contributed by atoms with Gasteiger partial charge in [-0.25, -0.2) is 0 Å². The van der Waals surface area contributed by atoms with Crippen LogP contribution in [0, 0.1) is 10.1 Å². The summed E-state index contributed by atoms with van der Waals surface area (Å²) in [4.78, 5) is 22.4. The van der Waals surface area contributed by atoms with Gasteiger partial charge in [-0.15, -0.1) is 0 Å². The van der Waals surface area contributed by atoms with Crippen LogP contribution in [-0.4, -0.2) is 26.7 Å². The van der Waals surface area contributed by atoms with Crippen molar-refractivity contribution in [1.82, 2.24) is 15.1 Å². The summed E-state index contributed by atoms with van der Waals surface area (Å²) in [6, 6.07) is 0.118. The van der Waals surface area contributed by atoms with Gasteiger partial charge in [-0.2, -0.15) is 5.10 Å². The van der Waals surface area contributed by atoms with E-state index < -0.39 is 10.8 Å². The summed E-state index contributed by atoms with van der Waals surface area (Å²) in [7, 11) is 0. The monoisotopic (exact) mass is 266 g/mol. The third-order valence-corrected chi connectivity index (χ3v) is 3.42. The van der Waals surface area contributed by atoms with Gasteiger partial charge in [0.2, 0.25) is 5.69 Å². The van der Waals surface area contributed by atoms with Crippen LogP contribution in [-0.2, 0) is 6.54 Å². The maximum atomic E-state index is 12.1. The normalized spacial score (nSPS) is 16.3. The number of hydrogen-bond donors (Lipinski definition) is 1. The summed E-state index contributed by atoms with van der Waals surface area (Å²) in [5.41, 5.74) is -0.312. The predicted octanol–water partition coefficient (Wildman–Crippen LogP) is 1.87. The first-order valence-corrected chi connectivity index (χ1v) is 6.64. The second-order valence-corrected chi connectivity index (χ2v) is 4.78. The number of nitro groups is 1. The molecule has 0 unspecified atom stereocenters. The number of nitrogens with one attached hydrogen (secondary N) is 1. The largest absolute Gasteiger partial charge is 0.348 e.